The van der Waals surface area contributed by atoms with Crippen LogP contribution in [0.1, 0.15) is 18.9 Å². The summed E-state index contributed by atoms with van der Waals surface area (Å²) < 4.78 is 5.67. The Morgan fingerprint density at radius 1 is 1.48 bits per heavy atom. The molecule has 1 saturated heterocycles. The van der Waals surface area contributed by atoms with Gasteiger partial charge in [-0.1, -0.05) is 11.6 Å². The lowest BCUT2D eigenvalue weighted by molar-refractivity contribution is -0.142. The zero-order valence-electron chi connectivity index (χ0n) is 12.0. The number of aliphatic carboxylic acids is 1. The summed E-state index contributed by atoms with van der Waals surface area (Å²) in [6.45, 7) is 4.24. The molecule has 1 aliphatic heterocycles. The molecule has 0 spiro atoms. The molecule has 2 unspecified atom stereocenters. The van der Waals surface area contributed by atoms with Gasteiger partial charge in [0.1, 0.15) is 5.75 Å². The van der Waals surface area contributed by atoms with Crippen molar-refractivity contribution in [2.75, 3.05) is 13.1 Å². The standard InChI is InChI=1S/C15H18ClNO4/c1-9-7-12(16)3-4-13(9)21-10(2)14(18)17-6-5-11(8-17)15(19)20/h3-4,7,10-11H,5-6,8H2,1-2H3,(H,19,20). The molecule has 1 heterocycles. The summed E-state index contributed by atoms with van der Waals surface area (Å²) in [6.07, 6.45) is -0.161. The molecule has 0 aromatic heterocycles. The number of aryl methyl sites for hydroxylation is 1. The molecule has 2 atom stereocenters. The van der Waals surface area contributed by atoms with Crippen molar-refractivity contribution in [1.82, 2.24) is 4.90 Å². The van der Waals surface area contributed by atoms with Gasteiger partial charge in [0.25, 0.3) is 5.91 Å². The molecule has 0 bridgehead atoms. The van der Waals surface area contributed by atoms with Gasteiger partial charge in [-0.3, -0.25) is 9.59 Å². The molecule has 0 saturated carbocycles. The van der Waals surface area contributed by atoms with Crippen LogP contribution in [0.4, 0.5) is 0 Å². The lowest BCUT2D eigenvalue weighted by atomic mass is 10.1. The number of carbonyl (C=O) groups is 2. The second-order valence-corrected chi connectivity index (χ2v) is 5.71. The van der Waals surface area contributed by atoms with E-state index in [-0.39, 0.29) is 12.5 Å². The molecule has 0 radical (unpaired) electrons. The molecular formula is C15H18ClNO4. The van der Waals surface area contributed by atoms with Gasteiger partial charge in [0.2, 0.25) is 0 Å². The summed E-state index contributed by atoms with van der Waals surface area (Å²) in [6, 6.07) is 5.20. The first-order chi connectivity index (χ1) is 9.88. The average molecular weight is 312 g/mol. The fourth-order valence-corrected chi connectivity index (χ4v) is 2.63. The van der Waals surface area contributed by atoms with Gasteiger partial charge in [-0.05, 0) is 44.0 Å². The summed E-state index contributed by atoms with van der Waals surface area (Å²) in [5.74, 6) is -0.909. The third-order valence-corrected chi connectivity index (χ3v) is 3.87. The Hall–Kier alpha value is -1.75. The second-order valence-electron chi connectivity index (χ2n) is 5.28. The van der Waals surface area contributed by atoms with Crippen LogP contribution in [0.15, 0.2) is 18.2 Å². The van der Waals surface area contributed by atoms with Crippen molar-refractivity contribution < 1.29 is 19.4 Å². The van der Waals surface area contributed by atoms with Crippen molar-refractivity contribution in [2.24, 2.45) is 5.92 Å². The highest BCUT2D eigenvalue weighted by Gasteiger charge is 2.33. The van der Waals surface area contributed by atoms with Gasteiger partial charge in [-0.2, -0.15) is 0 Å². The first kappa shape index (κ1) is 15.6. The van der Waals surface area contributed by atoms with Gasteiger partial charge in [0.15, 0.2) is 6.10 Å². The van der Waals surface area contributed by atoms with E-state index in [1.54, 1.807) is 30.0 Å². The number of hydrogen-bond donors (Lipinski definition) is 1. The van der Waals surface area contributed by atoms with Crippen LogP contribution in [0.25, 0.3) is 0 Å². The topological polar surface area (TPSA) is 66.8 Å². The monoisotopic (exact) mass is 311 g/mol. The summed E-state index contributed by atoms with van der Waals surface area (Å²) in [5, 5.41) is 9.58. The van der Waals surface area contributed by atoms with Crippen LogP contribution in [0.5, 0.6) is 5.75 Å². The molecule has 21 heavy (non-hydrogen) atoms. The first-order valence-corrected chi connectivity index (χ1v) is 7.20. The third kappa shape index (κ3) is 3.67. The minimum Gasteiger partial charge on any atom is -0.481 e. The number of rotatable bonds is 4. The first-order valence-electron chi connectivity index (χ1n) is 6.83. The molecule has 2 rings (SSSR count). The van der Waals surface area contributed by atoms with E-state index in [0.717, 1.165) is 5.56 Å². The molecule has 5 nitrogen and oxygen atoms in total. The molecule has 0 aliphatic carbocycles. The van der Waals surface area contributed by atoms with E-state index >= 15 is 0 Å². The number of ether oxygens (including phenoxy) is 1. The fourth-order valence-electron chi connectivity index (χ4n) is 2.41. The van der Waals surface area contributed by atoms with Crippen LogP contribution in [-0.4, -0.2) is 41.1 Å². The Morgan fingerprint density at radius 3 is 2.76 bits per heavy atom. The van der Waals surface area contributed by atoms with E-state index in [2.05, 4.69) is 0 Å². The zero-order valence-corrected chi connectivity index (χ0v) is 12.8. The molecule has 1 aromatic rings. The molecule has 1 aliphatic rings. The maximum absolute atomic E-state index is 12.3. The fraction of sp³-hybridized carbons (Fsp3) is 0.467. The lowest BCUT2D eigenvalue weighted by Crippen LogP contribution is -2.39. The molecule has 1 N–H and O–H groups in total. The van der Waals surface area contributed by atoms with Gasteiger partial charge < -0.3 is 14.7 Å². The summed E-state index contributed by atoms with van der Waals surface area (Å²) >= 11 is 5.88. The number of amides is 1. The van der Waals surface area contributed by atoms with E-state index in [4.69, 9.17) is 21.4 Å². The minimum atomic E-state index is -0.854. The Morgan fingerprint density at radius 2 is 2.19 bits per heavy atom. The van der Waals surface area contributed by atoms with Gasteiger partial charge in [0.05, 0.1) is 5.92 Å². The molecule has 114 valence electrons. The Bertz CT molecular complexity index is 561. The van der Waals surface area contributed by atoms with Gasteiger partial charge in [-0.15, -0.1) is 0 Å². The molecule has 1 fully saturated rings. The summed E-state index contributed by atoms with van der Waals surface area (Å²) in [5.41, 5.74) is 0.854. The number of benzene rings is 1. The molecule has 1 amide bonds. The number of likely N-dealkylation sites (tertiary alicyclic amines) is 1. The van der Waals surface area contributed by atoms with Crippen LogP contribution >= 0.6 is 11.6 Å². The predicted molar refractivity (Wildman–Crippen MR) is 78.6 cm³/mol. The predicted octanol–water partition coefficient (Wildman–Crippen LogP) is 2.35. The van der Waals surface area contributed by atoms with Crippen LogP contribution in [0, 0.1) is 12.8 Å². The van der Waals surface area contributed by atoms with E-state index in [1.165, 1.54) is 0 Å². The van der Waals surface area contributed by atoms with Crippen molar-refractivity contribution >= 4 is 23.5 Å². The normalized spacial score (nSPS) is 19.4. The lowest BCUT2D eigenvalue weighted by Gasteiger charge is -2.22. The van der Waals surface area contributed by atoms with E-state index in [1.807, 2.05) is 6.92 Å². The van der Waals surface area contributed by atoms with Crippen molar-refractivity contribution in [1.29, 1.82) is 0 Å². The Labute approximate surface area is 128 Å². The molecular weight excluding hydrogens is 294 g/mol. The van der Waals surface area contributed by atoms with Crippen LogP contribution in [0.2, 0.25) is 5.02 Å². The van der Waals surface area contributed by atoms with Crippen LogP contribution in [-0.2, 0) is 9.59 Å². The molecule has 6 heteroatoms. The highest BCUT2D eigenvalue weighted by Crippen LogP contribution is 2.24. The van der Waals surface area contributed by atoms with Crippen molar-refractivity contribution in [3.63, 3.8) is 0 Å². The number of carboxylic acid groups (broad SMARTS) is 1. The number of carbonyl (C=O) groups excluding carboxylic acids is 1. The van der Waals surface area contributed by atoms with E-state index in [9.17, 15) is 9.59 Å². The SMILES string of the molecule is Cc1cc(Cl)ccc1OC(C)C(=O)N1CCC(C(=O)O)C1. The maximum Gasteiger partial charge on any atom is 0.308 e. The highest BCUT2D eigenvalue weighted by atomic mass is 35.5. The number of nitrogens with zero attached hydrogens (tertiary/aromatic N) is 1. The Kier molecular flexibility index (Phi) is 4.73. The number of halogens is 1. The van der Waals surface area contributed by atoms with Crippen molar-refractivity contribution in [3.05, 3.63) is 28.8 Å². The highest BCUT2D eigenvalue weighted by molar-refractivity contribution is 6.30. The van der Waals surface area contributed by atoms with Gasteiger partial charge >= 0.3 is 5.97 Å². The average Bonchev–Trinajstić information content (AvgIpc) is 2.90. The number of hydrogen-bond acceptors (Lipinski definition) is 3. The number of carboxylic acids is 1. The van der Waals surface area contributed by atoms with E-state index in [0.29, 0.717) is 23.7 Å². The summed E-state index contributed by atoms with van der Waals surface area (Å²) in [7, 11) is 0. The van der Waals surface area contributed by atoms with Crippen molar-refractivity contribution in [3.8, 4) is 5.75 Å². The second kappa shape index (κ2) is 6.35. The van der Waals surface area contributed by atoms with Crippen LogP contribution < -0.4 is 4.74 Å². The minimum absolute atomic E-state index is 0.187. The third-order valence-electron chi connectivity index (χ3n) is 3.64. The smallest absolute Gasteiger partial charge is 0.308 e. The molecule has 1 aromatic carbocycles. The maximum atomic E-state index is 12.3. The summed E-state index contributed by atoms with van der Waals surface area (Å²) in [4.78, 5) is 24.8. The van der Waals surface area contributed by atoms with Gasteiger partial charge in [-0.25, -0.2) is 0 Å². The Balaban J connectivity index is 1.98. The largest absolute Gasteiger partial charge is 0.481 e. The van der Waals surface area contributed by atoms with E-state index < -0.39 is 18.0 Å². The van der Waals surface area contributed by atoms with Crippen LogP contribution in [0.3, 0.4) is 0 Å². The quantitative estimate of drug-likeness (QED) is 0.927. The van der Waals surface area contributed by atoms with Gasteiger partial charge in [0, 0.05) is 18.1 Å². The zero-order chi connectivity index (χ0) is 15.6. The van der Waals surface area contributed by atoms with Crippen molar-refractivity contribution in [2.45, 2.75) is 26.4 Å².